The van der Waals surface area contributed by atoms with Crippen molar-refractivity contribution in [3.05, 3.63) is 48.6 Å². The van der Waals surface area contributed by atoms with E-state index >= 15 is 0 Å². The highest BCUT2D eigenvalue weighted by molar-refractivity contribution is 5.72. The first-order valence-corrected chi connectivity index (χ1v) is 8.02. The van der Waals surface area contributed by atoms with Gasteiger partial charge in [0, 0.05) is 13.3 Å². The molecule has 0 amide bonds. The van der Waals surface area contributed by atoms with Crippen LogP contribution in [0.15, 0.2) is 48.6 Å². The molecule has 1 atom stereocenters. The molecule has 0 radical (unpaired) electrons. The van der Waals surface area contributed by atoms with Gasteiger partial charge in [0.15, 0.2) is 0 Å². The third-order valence-corrected chi connectivity index (χ3v) is 2.63. The summed E-state index contributed by atoms with van der Waals surface area (Å²) in [5, 5.41) is 0. The molecule has 128 valence electrons. The van der Waals surface area contributed by atoms with Crippen molar-refractivity contribution in [2.24, 2.45) is 5.92 Å². The Bertz CT molecular complexity index is 456. The molecule has 0 heterocycles. The Morgan fingerprint density at radius 1 is 0.870 bits per heavy atom. The number of ether oxygens (including phenoxy) is 2. The van der Waals surface area contributed by atoms with E-state index in [1.807, 2.05) is 42.5 Å². The summed E-state index contributed by atoms with van der Waals surface area (Å²) in [7, 11) is 0. The fraction of sp³-hybridized carbons (Fsp3) is 0.474. The lowest BCUT2D eigenvalue weighted by Crippen LogP contribution is -2.24. The third kappa shape index (κ3) is 13.3. The van der Waals surface area contributed by atoms with Crippen LogP contribution >= 0.6 is 0 Å². The number of carbonyl (C=O) groups excluding carboxylic acids is 2. The molecule has 0 rings (SSSR count). The molecule has 0 aliphatic heterocycles. The zero-order valence-electron chi connectivity index (χ0n) is 14.5. The van der Waals surface area contributed by atoms with Crippen molar-refractivity contribution in [2.45, 2.75) is 53.2 Å². The second kappa shape index (κ2) is 13.6. The number of hydrogen-bond donors (Lipinski definition) is 0. The Kier molecular flexibility index (Phi) is 12.3. The monoisotopic (exact) mass is 320 g/mol. The largest absolute Gasteiger partial charge is 0.425 e. The van der Waals surface area contributed by atoms with E-state index < -0.39 is 6.29 Å². The minimum atomic E-state index is -0.845. The van der Waals surface area contributed by atoms with Gasteiger partial charge in [0.1, 0.15) is 0 Å². The molecule has 1 unspecified atom stereocenters. The molecular weight excluding hydrogens is 292 g/mol. The Morgan fingerprint density at radius 2 is 1.43 bits per heavy atom. The maximum atomic E-state index is 11.6. The van der Waals surface area contributed by atoms with Gasteiger partial charge in [0.25, 0.3) is 0 Å². The third-order valence-electron chi connectivity index (χ3n) is 2.63. The SMILES string of the molecule is CC/C=C/C=C/C=C/C=CCCC(=O)OC(C)OC(=O)C(C)C. The van der Waals surface area contributed by atoms with Crippen LogP contribution in [0.4, 0.5) is 0 Å². The second-order valence-corrected chi connectivity index (χ2v) is 5.22. The first-order chi connectivity index (χ1) is 11.0. The molecule has 0 saturated carbocycles. The summed E-state index contributed by atoms with van der Waals surface area (Å²) in [5.41, 5.74) is 0. The van der Waals surface area contributed by atoms with Crippen LogP contribution in [0.3, 0.4) is 0 Å². The Hall–Kier alpha value is -2.10. The van der Waals surface area contributed by atoms with Crippen LogP contribution < -0.4 is 0 Å². The van der Waals surface area contributed by atoms with E-state index in [-0.39, 0.29) is 24.3 Å². The highest BCUT2D eigenvalue weighted by Gasteiger charge is 2.15. The Balaban J connectivity index is 3.87. The molecule has 0 fully saturated rings. The molecule has 0 N–H and O–H groups in total. The average Bonchev–Trinajstić information content (AvgIpc) is 2.48. The van der Waals surface area contributed by atoms with Gasteiger partial charge in [0.2, 0.25) is 6.29 Å². The molecule has 0 spiro atoms. The Morgan fingerprint density at radius 3 is 2.00 bits per heavy atom. The number of carbonyl (C=O) groups is 2. The molecular formula is C19H28O4. The summed E-state index contributed by atoms with van der Waals surface area (Å²) in [6.07, 6.45) is 16.6. The van der Waals surface area contributed by atoms with Crippen molar-refractivity contribution in [1.29, 1.82) is 0 Å². The standard InChI is InChI=1S/C19H28O4/c1-5-6-7-8-9-10-11-12-13-14-15-18(20)22-17(4)23-19(21)16(2)3/h6-13,16-17H,5,14-15H2,1-4H3/b7-6+,9-8+,11-10+,13-12?. The summed E-state index contributed by atoms with van der Waals surface area (Å²) < 4.78 is 9.96. The summed E-state index contributed by atoms with van der Waals surface area (Å²) in [5.74, 6) is -0.998. The predicted molar refractivity (Wildman–Crippen MR) is 92.6 cm³/mol. The Labute approximate surface area is 139 Å². The van der Waals surface area contributed by atoms with Crippen molar-refractivity contribution in [2.75, 3.05) is 0 Å². The molecule has 0 aromatic heterocycles. The predicted octanol–water partition coefficient (Wildman–Crippen LogP) is 4.49. The molecule has 0 bridgehead atoms. The van der Waals surface area contributed by atoms with Crippen molar-refractivity contribution >= 4 is 11.9 Å². The van der Waals surface area contributed by atoms with Crippen LogP contribution in [-0.2, 0) is 19.1 Å². The minimum Gasteiger partial charge on any atom is -0.425 e. The number of allylic oxidation sites excluding steroid dienone is 8. The van der Waals surface area contributed by atoms with Gasteiger partial charge in [-0.1, -0.05) is 69.4 Å². The van der Waals surface area contributed by atoms with Gasteiger partial charge in [-0.25, -0.2) is 0 Å². The lowest BCUT2D eigenvalue weighted by atomic mass is 10.2. The van der Waals surface area contributed by atoms with Crippen LogP contribution in [0.2, 0.25) is 0 Å². The van der Waals surface area contributed by atoms with E-state index in [9.17, 15) is 9.59 Å². The summed E-state index contributed by atoms with van der Waals surface area (Å²) in [6.45, 7) is 7.08. The van der Waals surface area contributed by atoms with E-state index in [1.54, 1.807) is 13.8 Å². The molecule has 23 heavy (non-hydrogen) atoms. The number of esters is 2. The highest BCUT2D eigenvalue weighted by atomic mass is 16.7. The van der Waals surface area contributed by atoms with E-state index in [0.29, 0.717) is 6.42 Å². The lowest BCUT2D eigenvalue weighted by Gasteiger charge is -2.15. The van der Waals surface area contributed by atoms with Gasteiger partial charge in [-0.2, -0.15) is 0 Å². The first kappa shape index (κ1) is 20.9. The van der Waals surface area contributed by atoms with Gasteiger partial charge >= 0.3 is 11.9 Å². The number of hydrogen-bond acceptors (Lipinski definition) is 4. The molecule has 0 aliphatic rings. The van der Waals surface area contributed by atoms with E-state index in [2.05, 4.69) is 13.0 Å². The molecule has 4 heteroatoms. The molecule has 0 aromatic carbocycles. The molecule has 0 saturated heterocycles. The van der Waals surface area contributed by atoms with E-state index in [4.69, 9.17) is 9.47 Å². The van der Waals surface area contributed by atoms with Crippen LogP contribution in [0.5, 0.6) is 0 Å². The van der Waals surface area contributed by atoms with E-state index in [1.165, 1.54) is 6.92 Å². The van der Waals surface area contributed by atoms with Crippen LogP contribution in [0.25, 0.3) is 0 Å². The normalized spacial score (nSPS) is 13.6. The van der Waals surface area contributed by atoms with Crippen molar-refractivity contribution in [3.63, 3.8) is 0 Å². The molecule has 0 aliphatic carbocycles. The zero-order valence-corrected chi connectivity index (χ0v) is 14.5. The maximum absolute atomic E-state index is 11.6. The zero-order chi connectivity index (χ0) is 17.5. The van der Waals surface area contributed by atoms with Crippen molar-refractivity contribution < 1.29 is 19.1 Å². The summed E-state index contributed by atoms with van der Waals surface area (Å²) in [4.78, 5) is 22.9. The molecule has 4 nitrogen and oxygen atoms in total. The van der Waals surface area contributed by atoms with Crippen LogP contribution in [0, 0.1) is 5.92 Å². The lowest BCUT2D eigenvalue weighted by molar-refractivity contribution is -0.186. The average molecular weight is 320 g/mol. The highest BCUT2D eigenvalue weighted by Crippen LogP contribution is 2.04. The second-order valence-electron chi connectivity index (χ2n) is 5.22. The quantitative estimate of drug-likeness (QED) is 0.338. The fourth-order valence-corrected chi connectivity index (χ4v) is 1.41. The number of rotatable bonds is 10. The van der Waals surface area contributed by atoms with Crippen molar-refractivity contribution in [1.82, 2.24) is 0 Å². The van der Waals surface area contributed by atoms with Crippen LogP contribution in [-0.4, -0.2) is 18.2 Å². The van der Waals surface area contributed by atoms with Gasteiger partial charge in [-0.15, -0.1) is 0 Å². The van der Waals surface area contributed by atoms with Gasteiger partial charge in [0.05, 0.1) is 5.92 Å². The van der Waals surface area contributed by atoms with Gasteiger partial charge in [-0.05, 0) is 12.8 Å². The van der Waals surface area contributed by atoms with Crippen molar-refractivity contribution in [3.8, 4) is 0 Å². The first-order valence-electron chi connectivity index (χ1n) is 8.02. The molecule has 0 aromatic rings. The van der Waals surface area contributed by atoms with Crippen LogP contribution in [0.1, 0.15) is 47.0 Å². The topological polar surface area (TPSA) is 52.6 Å². The fourth-order valence-electron chi connectivity index (χ4n) is 1.41. The smallest absolute Gasteiger partial charge is 0.311 e. The van der Waals surface area contributed by atoms with E-state index in [0.717, 1.165) is 6.42 Å². The minimum absolute atomic E-state index is 0.239. The van der Waals surface area contributed by atoms with Gasteiger partial charge in [-0.3, -0.25) is 9.59 Å². The van der Waals surface area contributed by atoms with Gasteiger partial charge < -0.3 is 9.47 Å². The summed E-state index contributed by atoms with van der Waals surface area (Å²) >= 11 is 0. The maximum Gasteiger partial charge on any atom is 0.311 e. The summed E-state index contributed by atoms with van der Waals surface area (Å²) in [6, 6.07) is 0.